The number of aromatic nitrogens is 1. The second kappa shape index (κ2) is 6.65. The zero-order chi connectivity index (χ0) is 19.2. The molecule has 1 fully saturated rings. The molecule has 1 aromatic rings. The van der Waals surface area contributed by atoms with E-state index in [1.165, 1.54) is 12.0 Å². The van der Waals surface area contributed by atoms with Crippen molar-refractivity contribution in [1.82, 2.24) is 4.98 Å². The molecule has 2 unspecified atom stereocenters. The molecule has 0 bridgehead atoms. The summed E-state index contributed by atoms with van der Waals surface area (Å²) in [6.45, 7) is 11.0. The maximum absolute atomic E-state index is 13.8. The van der Waals surface area contributed by atoms with Crippen LogP contribution in [0.4, 0.5) is 10.1 Å². The van der Waals surface area contributed by atoms with Crippen LogP contribution in [0, 0.1) is 16.2 Å². The van der Waals surface area contributed by atoms with Crippen molar-refractivity contribution in [2.75, 3.05) is 12.4 Å². The van der Waals surface area contributed by atoms with E-state index in [4.69, 9.17) is 10.7 Å². The molecule has 0 amide bonds. The quantitative estimate of drug-likeness (QED) is 0.667. The Hall–Kier alpha value is -1.38. The summed E-state index contributed by atoms with van der Waals surface area (Å²) < 4.78 is 13.8. The van der Waals surface area contributed by atoms with Gasteiger partial charge in [0.1, 0.15) is 0 Å². The molecule has 2 aliphatic carbocycles. The van der Waals surface area contributed by atoms with Crippen LogP contribution in [0.3, 0.4) is 0 Å². The van der Waals surface area contributed by atoms with Gasteiger partial charge < -0.3 is 5.73 Å². The summed E-state index contributed by atoms with van der Waals surface area (Å²) in [7, 11) is 0. The largest absolute Gasteiger partial charge is 0.397 e. The number of anilines is 1. The molecule has 2 N–H and O–H groups in total. The molecule has 1 aromatic heterocycles. The third kappa shape index (κ3) is 4.13. The van der Waals surface area contributed by atoms with Crippen molar-refractivity contribution in [2.45, 2.75) is 79.1 Å². The molecule has 2 atom stereocenters. The smallest absolute Gasteiger partial charge is 0.0948 e. The number of alkyl halides is 1. The molecule has 26 heavy (non-hydrogen) atoms. The van der Waals surface area contributed by atoms with E-state index in [0.717, 1.165) is 49.2 Å². The Balaban J connectivity index is 1.91. The summed E-state index contributed by atoms with van der Waals surface area (Å²) >= 11 is 0. The van der Waals surface area contributed by atoms with Gasteiger partial charge >= 0.3 is 0 Å². The first kappa shape index (κ1) is 19.4. The van der Waals surface area contributed by atoms with E-state index in [9.17, 15) is 4.39 Å². The van der Waals surface area contributed by atoms with E-state index in [1.54, 1.807) is 0 Å². The number of nitrogens with two attached hydrogens (primary N) is 1. The first-order chi connectivity index (χ1) is 12.0. The van der Waals surface area contributed by atoms with Gasteiger partial charge in [-0.3, -0.25) is 9.37 Å². The number of halogens is 1. The minimum atomic E-state index is -0.255. The molecule has 3 heteroatoms. The van der Waals surface area contributed by atoms with Crippen LogP contribution in [-0.4, -0.2) is 11.7 Å². The van der Waals surface area contributed by atoms with Crippen LogP contribution in [0.25, 0.3) is 5.57 Å². The highest BCUT2D eigenvalue weighted by Gasteiger charge is 2.42. The van der Waals surface area contributed by atoms with Crippen molar-refractivity contribution in [3.8, 4) is 0 Å². The maximum Gasteiger partial charge on any atom is 0.0948 e. The molecule has 1 heterocycles. The van der Waals surface area contributed by atoms with E-state index in [1.807, 2.05) is 6.07 Å². The highest BCUT2D eigenvalue weighted by Crippen LogP contribution is 2.52. The topological polar surface area (TPSA) is 38.9 Å². The van der Waals surface area contributed by atoms with Crippen LogP contribution in [0.1, 0.15) is 90.4 Å². The van der Waals surface area contributed by atoms with E-state index in [-0.39, 0.29) is 17.5 Å². The van der Waals surface area contributed by atoms with Crippen molar-refractivity contribution in [1.29, 1.82) is 0 Å². The lowest BCUT2D eigenvalue weighted by Crippen LogP contribution is -2.36. The van der Waals surface area contributed by atoms with Crippen molar-refractivity contribution < 1.29 is 4.39 Å². The summed E-state index contributed by atoms with van der Waals surface area (Å²) in [6.07, 6.45) is 8.47. The average Bonchev–Trinajstić information content (AvgIpc) is 2.54. The predicted molar refractivity (Wildman–Crippen MR) is 109 cm³/mol. The van der Waals surface area contributed by atoms with Gasteiger partial charge in [0.25, 0.3) is 0 Å². The average molecular weight is 359 g/mol. The number of hydrogen-bond donors (Lipinski definition) is 1. The first-order valence-electron chi connectivity index (χ1n) is 10.0. The standard InChI is InChI=1S/C23H35FN2/c1-21(2)10-8-16(9-11-21)20-18(25)6-7-19(26-20)17-12-22(3,4)14-23(5,13-17)15-24/h6-8,17H,9-15,25H2,1-5H3. The molecular weight excluding hydrogens is 323 g/mol. The van der Waals surface area contributed by atoms with E-state index < -0.39 is 0 Å². The first-order valence-corrected chi connectivity index (χ1v) is 10.0. The summed E-state index contributed by atoms with van der Waals surface area (Å²) in [5.74, 6) is 0.305. The Morgan fingerprint density at radius 1 is 1.12 bits per heavy atom. The summed E-state index contributed by atoms with van der Waals surface area (Å²) in [5.41, 5.74) is 10.7. The minimum absolute atomic E-state index is 0.140. The van der Waals surface area contributed by atoms with Crippen molar-refractivity contribution in [3.63, 3.8) is 0 Å². The molecule has 0 saturated heterocycles. The molecule has 144 valence electrons. The normalized spacial score (nSPS) is 30.7. The van der Waals surface area contributed by atoms with Gasteiger partial charge in [0, 0.05) is 11.6 Å². The lowest BCUT2D eigenvalue weighted by molar-refractivity contribution is 0.0576. The molecule has 0 aromatic carbocycles. The van der Waals surface area contributed by atoms with Gasteiger partial charge in [-0.05, 0) is 72.5 Å². The van der Waals surface area contributed by atoms with Crippen LogP contribution in [0.2, 0.25) is 0 Å². The monoisotopic (exact) mass is 358 g/mol. The Labute approximate surface area is 158 Å². The van der Waals surface area contributed by atoms with Crippen LogP contribution >= 0.6 is 0 Å². The van der Waals surface area contributed by atoms with Crippen LogP contribution in [0.15, 0.2) is 18.2 Å². The highest BCUT2D eigenvalue weighted by molar-refractivity contribution is 5.72. The van der Waals surface area contributed by atoms with Crippen molar-refractivity contribution in [2.24, 2.45) is 16.2 Å². The zero-order valence-electron chi connectivity index (χ0n) is 17.2. The molecule has 2 nitrogen and oxygen atoms in total. The van der Waals surface area contributed by atoms with E-state index >= 15 is 0 Å². The molecule has 1 saturated carbocycles. The van der Waals surface area contributed by atoms with Gasteiger partial charge in [0.05, 0.1) is 18.1 Å². The van der Waals surface area contributed by atoms with Crippen LogP contribution in [0.5, 0.6) is 0 Å². The molecule has 3 rings (SSSR count). The SMILES string of the molecule is CC1(C)CC=C(c2nc(C3CC(C)(C)CC(C)(CF)C3)ccc2N)CC1. The van der Waals surface area contributed by atoms with E-state index in [2.05, 4.69) is 46.8 Å². The van der Waals surface area contributed by atoms with Gasteiger partial charge in [-0.2, -0.15) is 0 Å². The maximum atomic E-state index is 13.8. The Morgan fingerprint density at radius 2 is 1.85 bits per heavy atom. The fraction of sp³-hybridized carbons (Fsp3) is 0.696. The zero-order valence-corrected chi connectivity index (χ0v) is 17.2. The fourth-order valence-electron chi connectivity index (χ4n) is 5.21. The molecular formula is C23H35FN2. The van der Waals surface area contributed by atoms with Gasteiger partial charge in [-0.15, -0.1) is 0 Å². The Bertz CT molecular complexity index is 704. The fourth-order valence-corrected chi connectivity index (χ4v) is 5.21. The third-order valence-corrected chi connectivity index (χ3v) is 6.41. The van der Waals surface area contributed by atoms with E-state index in [0.29, 0.717) is 11.3 Å². The van der Waals surface area contributed by atoms with Crippen LogP contribution in [-0.2, 0) is 0 Å². The number of nitrogen functional groups attached to an aromatic ring is 1. The van der Waals surface area contributed by atoms with Gasteiger partial charge in [-0.1, -0.05) is 40.7 Å². The number of hydrogen-bond acceptors (Lipinski definition) is 2. The summed E-state index contributed by atoms with van der Waals surface area (Å²) in [6, 6.07) is 4.07. The van der Waals surface area contributed by atoms with Crippen molar-refractivity contribution in [3.05, 3.63) is 29.6 Å². The minimum Gasteiger partial charge on any atom is -0.397 e. The molecule has 2 aliphatic rings. The third-order valence-electron chi connectivity index (χ3n) is 6.41. The van der Waals surface area contributed by atoms with Gasteiger partial charge in [-0.25, -0.2) is 0 Å². The lowest BCUT2D eigenvalue weighted by atomic mass is 9.60. The van der Waals surface area contributed by atoms with Gasteiger partial charge in [0.15, 0.2) is 0 Å². The second-order valence-electron chi connectivity index (χ2n) is 10.7. The second-order valence-corrected chi connectivity index (χ2v) is 10.7. The lowest BCUT2D eigenvalue weighted by Gasteiger charge is -2.45. The number of nitrogens with zero attached hydrogens (tertiary/aromatic N) is 1. The molecule has 0 radical (unpaired) electrons. The van der Waals surface area contributed by atoms with Crippen LogP contribution < -0.4 is 5.73 Å². The summed E-state index contributed by atoms with van der Waals surface area (Å²) in [5, 5.41) is 0. The number of rotatable bonds is 3. The summed E-state index contributed by atoms with van der Waals surface area (Å²) in [4.78, 5) is 5.02. The van der Waals surface area contributed by atoms with Gasteiger partial charge in [0.2, 0.25) is 0 Å². The number of allylic oxidation sites excluding steroid dienone is 2. The predicted octanol–water partition coefficient (Wildman–Crippen LogP) is 6.53. The van der Waals surface area contributed by atoms with Crippen molar-refractivity contribution >= 4 is 11.3 Å². The Kier molecular flexibility index (Phi) is 4.96. The Morgan fingerprint density at radius 3 is 2.46 bits per heavy atom. The highest BCUT2D eigenvalue weighted by atomic mass is 19.1. The number of pyridine rings is 1. The molecule has 0 spiro atoms. The molecule has 0 aliphatic heterocycles.